The first-order valence-corrected chi connectivity index (χ1v) is 9.92. The molecular formula is C21H26N4O3. The first-order chi connectivity index (χ1) is 13.7. The van der Waals surface area contributed by atoms with Crippen molar-refractivity contribution in [2.75, 3.05) is 31.8 Å². The second-order valence-electron chi connectivity index (χ2n) is 7.23. The number of hydrogen-bond donors (Lipinski definition) is 1. The second kappa shape index (κ2) is 8.56. The second-order valence-corrected chi connectivity index (χ2v) is 7.23. The average Bonchev–Trinajstić information content (AvgIpc) is 3.58. The van der Waals surface area contributed by atoms with E-state index in [1.54, 1.807) is 17.3 Å². The van der Waals surface area contributed by atoms with E-state index in [9.17, 15) is 4.79 Å². The maximum absolute atomic E-state index is 12.4. The summed E-state index contributed by atoms with van der Waals surface area (Å²) in [6.07, 6.45) is 6.50. The Labute approximate surface area is 165 Å². The molecule has 1 aromatic heterocycles. The van der Waals surface area contributed by atoms with E-state index in [0.717, 1.165) is 17.7 Å². The SMILES string of the molecule is CCOc1cc(CNc2ncc(C(=O)N3CCCOC3)cn2)cc(C2CC2)c1. The van der Waals surface area contributed by atoms with E-state index in [1.807, 2.05) is 6.92 Å². The highest BCUT2D eigenvalue weighted by molar-refractivity contribution is 5.93. The van der Waals surface area contributed by atoms with Crippen LogP contribution in [-0.4, -0.2) is 47.3 Å². The fraction of sp³-hybridized carbons (Fsp3) is 0.476. The quantitative estimate of drug-likeness (QED) is 0.793. The van der Waals surface area contributed by atoms with Gasteiger partial charge in [-0.15, -0.1) is 0 Å². The van der Waals surface area contributed by atoms with Gasteiger partial charge in [0.25, 0.3) is 5.91 Å². The highest BCUT2D eigenvalue weighted by Crippen LogP contribution is 2.41. The van der Waals surface area contributed by atoms with Crippen LogP contribution in [0.3, 0.4) is 0 Å². The number of carbonyl (C=O) groups excluding carboxylic acids is 1. The summed E-state index contributed by atoms with van der Waals surface area (Å²) < 4.78 is 11.0. The van der Waals surface area contributed by atoms with Crippen molar-refractivity contribution in [2.45, 2.75) is 38.6 Å². The Morgan fingerprint density at radius 3 is 2.79 bits per heavy atom. The Kier molecular flexibility index (Phi) is 5.71. The molecule has 2 heterocycles. The van der Waals surface area contributed by atoms with Crippen LogP contribution in [0.4, 0.5) is 5.95 Å². The van der Waals surface area contributed by atoms with Gasteiger partial charge in [0.15, 0.2) is 0 Å². The van der Waals surface area contributed by atoms with E-state index in [0.29, 0.717) is 50.5 Å². The molecule has 0 radical (unpaired) electrons. The van der Waals surface area contributed by atoms with Gasteiger partial charge in [-0.2, -0.15) is 0 Å². The number of amides is 1. The standard InChI is InChI=1S/C21H26N4O3/c1-2-28-19-9-15(8-17(10-19)16-4-5-16)11-22-21-23-12-18(13-24-21)20(26)25-6-3-7-27-14-25/h8-10,12-13,16H,2-7,11,14H2,1H3,(H,22,23,24). The van der Waals surface area contributed by atoms with Gasteiger partial charge in [0.2, 0.25) is 5.95 Å². The minimum absolute atomic E-state index is 0.0928. The largest absolute Gasteiger partial charge is 0.494 e. The summed E-state index contributed by atoms with van der Waals surface area (Å²) in [5.41, 5.74) is 2.96. The number of anilines is 1. The first-order valence-electron chi connectivity index (χ1n) is 9.92. The lowest BCUT2D eigenvalue weighted by Gasteiger charge is -2.26. The van der Waals surface area contributed by atoms with E-state index in [1.165, 1.54) is 18.4 Å². The Morgan fingerprint density at radius 2 is 2.11 bits per heavy atom. The molecule has 7 heteroatoms. The zero-order valence-electron chi connectivity index (χ0n) is 16.2. The Balaban J connectivity index is 1.39. The summed E-state index contributed by atoms with van der Waals surface area (Å²) >= 11 is 0. The first kappa shape index (κ1) is 18.7. The third-order valence-electron chi connectivity index (χ3n) is 4.95. The molecule has 2 aromatic rings. The molecule has 1 saturated heterocycles. The lowest BCUT2D eigenvalue weighted by molar-refractivity contribution is -0.00575. The summed E-state index contributed by atoms with van der Waals surface area (Å²) in [4.78, 5) is 22.7. The maximum Gasteiger partial charge on any atom is 0.258 e. The van der Waals surface area contributed by atoms with Crippen molar-refractivity contribution in [3.05, 3.63) is 47.3 Å². The van der Waals surface area contributed by atoms with Gasteiger partial charge in [-0.3, -0.25) is 4.79 Å². The molecule has 1 aromatic carbocycles. The number of carbonyl (C=O) groups is 1. The van der Waals surface area contributed by atoms with Crippen LogP contribution in [0.2, 0.25) is 0 Å². The van der Waals surface area contributed by atoms with Crippen LogP contribution < -0.4 is 10.1 Å². The summed E-state index contributed by atoms with van der Waals surface area (Å²) in [6.45, 7) is 5.00. The number of aromatic nitrogens is 2. The monoisotopic (exact) mass is 382 g/mol. The van der Waals surface area contributed by atoms with Crippen molar-refractivity contribution in [3.8, 4) is 5.75 Å². The van der Waals surface area contributed by atoms with E-state index in [2.05, 4.69) is 33.5 Å². The van der Waals surface area contributed by atoms with Crippen molar-refractivity contribution < 1.29 is 14.3 Å². The van der Waals surface area contributed by atoms with Crippen molar-refractivity contribution in [2.24, 2.45) is 0 Å². The number of benzene rings is 1. The molecule has 2 aliphatic rings. The lowest BCUT2D eigenvalue weighted by Crippen LogP contribution is -2.38. The molecule has 2 fully saturated rings. The highest BCUT2D eigenvalue weighted by atomic mass is 16.5. The lowest BCUT2D eigenvalue weighted by atomic mass is 10.1. The van der Waals surface area contributed by atoms with Crippen LogP contribution in [0.5, 0.6) is 5.75 Å². The van der Waals surface area contributed by atoms with Gasteiger partial charge >= 0.3 is 0 Å². The van der Waals surface area contributed by atoms with Gasteiger partial charge in [0.1, 0.15) is 12.5 Å². The number of nitrogens with zero attached hydrogens (tertiary/aromatic N) is 3. The molecule has 0 bridgehead atoms. The Bertz CT molecular complexity index is 815. The third-order valence-corrected chi connectivity index (χ3v) is 4.95. The number of nitrogens with one attached hydrogen (secondary N) is 1. The van der Waals surface area contributed by atoms with Crippen LogP contribution in [0.25, 0.3) is 0 Å². The number of ether oxygens (including phenoxy) is 2. The summed E-state index contributed by atoms with van der Waals surface area (Å²) in [6, 6.07) is 6.42. The molecule has 0 spiro atoms. The molecule has 1 amide bonds. The fourth-order valence-corrected chi connectivity index (χ4v) is 3.34. The number of rotatable bonds is 7. The number of hydrogen-bond acceptors (Lipinski definition) is 6. The molecule has 1 aliphatic heterocycles. The molecule has 4 rings (SSSR count). The molecule has 1 aliphatic carbocycles. The predicted molar refractivity (Wildman–Crippen MR) is 105 cm³/mol. The van der Waals surface area contributed by atoms with Crippen LogP contribution >= 0.6 is 0 Å². The van der Waals surface area contributed by atoms with Crippen LogP contribution in [0, 0.1) is 0 Å². The fourth-order valence-electron chi connectivity index (χ4n) is 3.34. The van der Waals surface area contributed by atoms with Crippen molar-refractivity contribution in [1.29, 1.82) is 0 Å². The molecule has 0 atom stereocenters. The molecule has 28 heavy (non-hydrogen) atoms. The van der Waals surface area contributed by atoms with Crippen LogP contribution in [-0.2, 0) is 11.3 Å². The summed E-state index contributed by atoms with van der Waals surface area (Å²) in [5.74, 6) is 1.99. The van der Waals surface area contributed by atoms with Gasteiger partial charge in [-0.25, -0.2) is 9.97 Å². The van der Waals surface area contributed by atoms with Crippen molar-refractivity contribution >= 4 is 11.9 Å². The van der Waals surface area contributed by atoms with Crippen LogP contribution in [0.15, 0.2) is 30.6 Å². The van der Waals surface area contributed by atoms with E-state index >= 15 is 0 Å². The molecule has 1 N–H and O–H groups in total. The minimum Gasteiger partial charge on any atom is -0.494 e. The Morgan fingerprint density at radius 1 is 1.29 bits per heavy atom. The van der Waals surface area contributed by atoms with E-state index < -0.39 is 0 Å². The zero-order chi connectivity index (χ0) is 19.3. The highest BCUT2D eigenvalue weighted by Gasteiger charge is 2.24. The van der Waals surface area contributed by atoms with Crippen molar-refractivity contribution in [3.63, 3.8) is 0 Å². The maximum atomic E-state index is 12.4. The van der Waals surface area contributed by atoms with Gasteiger partial charge in [0.05, 0.1) is 18.8 Å². The van der Waals surface area contributed by atoms with Crippen LogP contribution in [0.1, 0.15) is 53.6 Å². The molecule has 148 valence electrons. The smallest absolute Gasteiger partial charge is 0.258 e. The van der Waals surface area contributed by atoms with Gasteiger partial charge < -0.3 is 19.7 Å². The predicted octanol–water partition coefficient (Wildman–Crippen LogP) is 3.18. The van der Waals surface area contributed by atoms with Gasteiger partial charge in [0, 0.05) is 25.5 Å². The summed E-state index contributed by atoms with van der Waals surface area (Å²) in [5, 5.41) is 3.24. The molecule has 7 nitrogen and oxygen atoms in total. The molecule has 1 saturated carbocycles. The summed E-state index contributed by atoms with van der Waals surface area (Å²) in [7, 11) is 0. The normalized spacial score (nSPS) is 16.7. The van der Waals surface area contributed by atoms with Crippen molar-refractivity contribution in [1.82, 2.24) is 14.9 Å². The van der Waals surface area contributed by atoms with E-state index in [4.69, 9.17) is 9.47 Å². The van der Waals surface area contributed by atoms with E-state index in [-0.39, 0.29) is 5.91 Å². The van der Waals surface area contributed by atoms with Gasteiger partial charge in [-0.05, 0) is 55.4 Å². The molecule has 0 unspecified atom stereocenters. The van der Waals surface area contributed by atoms with Gasteiger partial charge in [-0.1, -0.05) is 6.07 Å². The minimum atomic E-state index is -0.0928. The third kappa shape index (κ3) is 4.59. The Hall–Kier alpha value is -2.67. The topological polar surface area (TPSA) is 76.6 Å². The zero-order valence-corrected chi connectivity index (χ0v) is 16.2. The molecular weight excluding hydrogens is 356 g/mol. The average molecular weight is 382 g/mol.